The number of nitrogens with zero attached hydrogens (tertiary/aromatic N) is 1. The summed E-state index contributed by atoms with van der Waals surface area (Å²) < 4.78 is 5.60. The summed E-state index contributed by atoms with van der Waals surface area (Å²) in [5, 5.41) is 12.8. The summed E-state index contributed by atoms with van der Waals surface area (Å²) in [6.07, 6.45) is 4.54. The molecule has 1 atom stereocenters. The fraction of sp³-hybridized carbons (Fsp3) is 1.00. The van der Waals surface area contributed by atoms with E-state index in [1.54, 1.807) is 0 Å². The third kappa shape index (κ3) is 5.51. The molecule has 2 saturated heterocycles. The third-order valence-corrected chi connectivity index (χ3v) is 5.01. The highest BCUT2D eigenvalue weighted by Gasteiger charge is 2.37. The van der Waals surface area contributed by atoms with Crippen LogP contribution in [0.3, 0.4) is 0 Å². The lowest BCUT2D eigenvalue weighted by Crippen LogP contribution is -2.50. The molecule has 0 saturated carbocycles. The Balaban J connectivity index is 1.90. The molecule has 4 heteroatoms. The first-order chi connectivity index (χ1) is 9.92. The van der Waals surface area contributed by atoms with Crippen LogP contribution in [0.1, 0.15) is 46.5 Å². The zero-order valence-electron chi connectivity index (χ0n) is 14.2. The normalized spacial score (nSPS) is 27.1. The van der Waals surface area contributed by atoms with Gasteiger partial charge in [-0.2, -0.15) is 0 Å². The van der Waals surface area contributed by atoms with Gasteiger partial charge in [0.05, 0.1) is 0 Å². The zero-order chi connectivity index (χ0) is 15.3. The summed E-state index contributed by atoms with van der Waals surface area (Å²) in [6, 6.07) is 0. The summed E-state index contributed by atoms with van der Waals surface area (Å²) >= 11 is 0. The SMILES string of the molecule is CC(C)(C)NCC1(CN2CCC(CCO)C2)CCOCC1. The van der Waals surface area contributed by atoms with Crippen molar-refractivity contribution in [3.05, 3.63) is 0 Å². The molecule has 2 rings (SSSR count). The van der Waals surface area contributed by atoms with Gasteiger partial charge < -0.3 is 20.1 Å². The van der Waals surface area contributed by atoms with Crippen LogP contribution < -0.4 is 5.32 Å². The summed E-state index contributed by atoms with van der Waals surface area (Å²) in [5.41, 5.74) is 0.537. The molecule has 0 aliphatic carbocycles. The average molecular weight is 298 g/mol. The van der Waals surface area contributed by atoms with Crippen molar-refractivity contribution in [1.29, 1.82) is 0 Å². The van der Waals surface area contributed by atoms with Crippen molar-refractivity contribution >= 4 is 0 Å². The van der Waals surface area contributed by atoms with E-state index in [0.29, 0.717) is 17.9 Å². The largest absolute Gasteiger partial charge is 0.396 e. The Morgan fingerprint density at radius 3 is 2.62 bits per heavy atom. The third-order valence-electron chi connectivity index (χ3n) is 5.01. The molecule has 2 heterocycles. The van der Waals surface area contributed by atoms with Crippen LogP contribution in [0.5, 0.6) is 0 Å². The van der Waals surface area contributed by atoms with E-state index in [-0.39, 0.29) is 5.54 Å². The van der Waals surface area contributed by atoms with Gasteiger partial charge in [0.15, 0.2) is 0 Å². The van der Waals surface area contributed by atoms with E-state index < -0.39 is 0 Å². The minimum atomic E-state index is 0.176. The average Bonchev–Trinajstić information content (AvgIpc) is 2.85. The Morgan fingerprint density at radius 2 is 2.00 bits per heavy atom. The molecular formula is C17H34N2O2. The monoisotopic (exact) mass is 298 g/mol. The first-order valence-electron chi connectivity index (χ1n) is 8.58. The van der Waals surface area contributed by atoms with Crippen LogP contribution in [-0.2, 0) is 4.74 Å². The maximum atomic E-state index is 9.11. The number of nitrogens with one attached hydrogen (secondary N) is 1. The molecule has 2 aliphatic heterocycles. The number of hydrogen-bond acceptors (Lipinski definition) is 4. The van der Waals surface area contributed by atoms with Gasteiger partial charge in [0, 0.05) is 45.0 Å². The van der Waals surface area contributed by atoms with Gasteiger partial charge in [-0.1, -0.05) is 0 Å². The lowest BCUT2D eigenvalue weighted by molar-refractivity contribution is -0.00427. The van der Waals surface area contributed by atoms with E-state index in [0.717, 1.165) is 39.0 Å². The van der Waals surface area contributed by atoms with Crippen LogP contribution in [0, 0.1) is 11.3 Å². The molecule has 2 fully saturated rings. The Kier molecular flexibility index (Phi) is 6.06. The molecule has 2 aliphatic rings. The van der Waals surface area contributed by atoms with E-state index in [9.17, 15) is 0 Å². The molecule has 0 aromatic rings. The van der Waals surface area contributed by atoms with E-state index in [4.69, 9.17) is 9.84 Å². The summed E-state index contributed by atoms with van der Waals surface area (Å²) in [4.78, 5) is 2.62. The van der Waals surface area contributed by atoms with Gasteiger partial charge in [-0.15, -0.1) is 0 Å². The van der Waals surface area contributed by atoms with Gasteiger partial charge in [-0.05, 0) is 64.3 Å². The Labute approximate surface area is 130 Å². The predicted molar refractivity (Wildman–Crippen MR) is 86.5 cm³/mol. The van der Waals surface area contributed by atoms with Crippen molar-refractivity contribution in [3.63, 3.8) is 0 Å². The minimum absolute atomic E-state index is 0.176. The van der Waals surface area contributed by atoms with Crippen LogP contribution in [0.25, 0.3) is 0 Å². The molecule has 0 aromatic carbocycles. The van der Waals surface area contributed by atoms with Gasteiger partial charge in [-0.25, -0.2) is 0 Å². The number of ether oxygens (including phenoxy) is 1. The number of aliphatic hydroxyl groups is 1. The van der Waals surface area contributed by atoms with Gasteiger partial charge in [-0.3, -0.25) is 0 Å². The fourth-order valence-corrected chi connectivity index (χ4v) is 3.60. The standard InChI is InChI=1S/C17H34N2O2/c1-16(2,3)18-13-17(6-10-21-11-7-17)14-19-8-4-15(12-19)5-9-20/h15,18,20H,4-14H2,1-3H3. The quantitative estimate of drug-likeness (QED) is 0.786. The Bertz CT molecular complexity index is 308. The van der Waals surface area contributed by atoms with Gasteiger partial charge in [0.1, 0.15) is 0 Å². The summed E-state index contributed by atoms with van der Waals surface area (Å²) in [7, 11) is 0. The molecule has 0 radical (unpaired) electrons. The lowest BCUT2D eigenvalue weighted by atomic mass is 9.79. The molecule has 124 valence electrons. The van der Waals surface area contributed by atoms with Crippen molar-refractivity contribution in [2.45, 2.75) is 52.0 Å². The van der Waals surface area contributed by atoms with E-state index in [1.165, 1.54) is 26.1 Å². The minimum Gasteiger partial charge on any atom is -0.396 e. The molecule has 0 amide bonds. The van der Waals surface area contributed by atoms with Crippen molar-refractivity contribution in [2.75, 3.05) is 46.0 Å². The van der Waals surface area contributed by atoms with Crippen LogP contribution in [-0.4, -0.2) is 61.5 Å². The Hall–Kier alpha value is -0.160. The summed E-state index contributed by atoms with van der Waals surface area (Å²) in [5.74, 6) is 0.697. The Morgan fingerprint density at radius 1 is 1.29 bits per heavy atom. The maximum absolute atomic E-state index is 9.11. The second kappa shape index (κ2) is 7.40. The number of likely N-dealkylation sites (tertiary alicyclic amines) is 1. The topological polar surface area (TPSA) is 44.7 Å². The highest BCUT2D eigenvalue weighted by molar-refractivity contribution is 4.91. The van der Waals surface area contributed by atoms with E-state index in [1.807, 2.05) is 0 Å². The van der Waals surface area contributed by atoms with Crippen molar-refractivity contribution < 1.29 is 9.84 Å². The van der Waals surface area contributed by atoms with Gasteiger partial charge in [0.2, 0.25) is 0 Å². The molecule has 4 nitrogen and oxygen atoms in total. The highest BCUT2D eigenvalue weighted by Crippen LogP contribution is 2.33. The molecule has 21 heavy (non-hydrogen) atoms. The van der Waals surface area contributed by atoms with Crippen molar-refractivity contribution in [3.8, 4) is 0 Å². The van der Waals surface area contributed by atoms with Crippen LogP contribution in [0.2, 0.25) is 0 Å². The predicted octanol–water partition coefficient (Wildman–Crippen LogP) is 1.88. The second-order valence-corrected chi connectivity index (χ2v) is 8.12. The number of aliphatic hydroxyl groups excluding tert-OH is 1. The van der Waals surface area contributed by atoms with Gasteiger partial charge in [0.25, 0.3) is 0 Å². The molecular weight excluding hydrogens is 264 g/mol. The first-order valence-corrected chi connectivity index (χ1v) is 8.58. The first kappa shape index (κ1) is 17.2. The highest BCUT2D eigenvalue weighted by atomic mass is 16.5. The van der Waals surface area contributed by atoms with Crippen molar-refractivity contribution in [2.24, 2.45) is 11.3 Å². The van der Waals surface area contributed by atoms with E-state index in [2.05, 4.69) is 31.0 Å². The van der Waals surface area contributed by atoms with Gasteiger partial charge >= 0.3 is 0 Å². The zero-order valence-corrected chi connectivity index (χ0v) is 14.2. The van der Waals surface area contributed by atoms with Crippen LogP contribution in [0.4, 0.5) is 0 Å². The smallest absolute Gasteiger partial charge is 0.0472 e. The number of hydrogen-bond donors (Lipinski definition) is 2. The maximum Gasteiger partial charge on any atom is 0.0472 e. The number of rotatable bonds is 6. The lowest BCUT2D eigenvalue weighted by Gasteiger charge is -2.42. The second-order valence-electron chi connectivity index (χ2n) is 8.12. The van der Waals surface area contributed by atoms with Crippen LogP contribution >= 0.6 is 0 Å². The molecule has 0 bridgehead atoms. The molecule has 2 N–H and O–H groups in total. The van der Waals surface area contributed by atoms with Crippen molar-refractivity contribution in [1.82, 2.24) is 10.2 Å². The fourth-order valence-electron chi connectivity index (χ4n) is 3.60. The molecule has 1 unspecified atom stereocenters. The van der Waals surface area contributed by atoms with E-state index >= 15 is 0 Å². The molecule has 0 spiro atoms. The molecule has 0 aromatic heterocycles. The van der Waals surface area contributed by atoms with Crippen LogP contribution in [0.15, 0.2) is 0 Å². The summed E-state index contributed by atoms with van der Waals surface area (Å²) in [6.45, 7) is 13.5.